The fourth-order valence-electron chi connectivity index (χ4n) is 3.49. The monoisotopic (exact) mass is 441 g/mol. The minimum Gasteiger partial charge on any atom is -0.493 e. The largest absolute Gasteiger partial charge is 0.493 e. The van der Waals surface area contributed by atoms with Gasteiger partial charge >= 0.3 is 5.69 Å². The lowest BCUT2D eigenvalue weighted by atomic mass is 10.1. The second-order valence-corrected chi connectivity index (χ2v) is 7.56. The van der Waals surface area contributed by atoms with Gasteiger partial charge in [-0.15, -0.1) is 0 Å². The number of aromatic nitrogens is 2. The van der Waals surface area contributed by atoms with Crippen LogP contribution in [0.15, 0.2) is 52.1 Å². The van der Waals surface area contributed by atoms with E-state index >= 15 is 0 Å². The summed E-state index contributed by atoms with van der Waals surface area (Å²) in [6.45, 7) is 0.855. The number of benzene rings is 2. The van der Waals surface area contributed by atoms with E-state index in [9.17, 15) is 14.4 Å². The number of hydrogen-bond donors (Lipinski definition) is 2. The molecule has 2 N–H and O–H groups in total. The van der Waals surface area contributed by atoms with Crippen molar-refractivity contribution >= 4 is 17.5 Å². The van der Waals surface area contributed by atoms with Gasteiger partial charge in [-0.25, -0.2) is 4.79 Å². The number of halogens is 1. The van der Waals surface area contributed by atoms with Crippen LogP contribution in [0.5, 0.6) is 11.5 Å². The maximum Gasteiger partial charge on any atom is 0.325 e. The van der Waals surface area contributed by atoms with Gasteiger partial charge in [0.05, 0.1) is 13.7 Å². The van der Waals surface area contributed by atoms with Crippen LogP contribution >= 0.6 is 11.6 Å². The molecule has 1 amide bonds. The molecule has 2 aromatic carbocycles. The van der Waals surface area contributed by atoms with Crippen molar-refractivity contribution in [1.29, 1.82) is 0 Å². The fourth-order valence-corrected chi connectivity index (χ4v) is 3.62. The first-order chi connectivity index (χ1) is 14.9. The first kappa shape index (κ1) is 20.7. The summed E-state index contributed by atoms with van der Waals surface area (Å²) >= 11 is 5.90. The average Bonchev–Trinajstić information content (AvgIpc) is 2.77. The van der Waals surface area contributed by atoms with E-state index in [1.807, 2.05) is 12.1 Å². The topological polar surface area (TPSA) is 104 Å². The van der Waals surface area contributed by atoms with Gasteiger partial charge in [-0.3, -0.25) is 14.6 Å². The maximum absolute atomic E-state index is 13.0. The van der Waals surface area contributed by atoms with Crippen LogP contribution in [0.1, 0.15) is 27.2 Å². The average molecular weight is 442 g/mol. The van der Waals surface area contributed by atoms with Crippen molar-refractivity contribution in [2.75, 3.05) is 13.7 Å². The summed E-state index contributed by atoms with van der Waals surface area (Å²) in [5.41, 5.74) is 1.35. The normalized spacial score (nSPS) is 12.9. The summed E-state index contributed by atoms with van der Waals surface area (Å²) < 4.78 is 11.2. The Bertz CT molecular complexity index is 1230. The molecule has 0 bridgehead atoms. The molecule has 1 aliphatic heterocycles. The zero-order chi connectivity index (χ0) is 22.0. The van der Waals surface area contributed by atoms with Gasteiger partial charge < -0.3 is 19.4 Å². The number of rotatable bonds is 5. The summed E-state index contributed by atoms with van der Waals surface area (Å²) in [5, 5.41) is 0.651. The Morgan fingerprint density at radius 2 is 1.87 bits per heavy atom. The number of amides is 1. The second kappa shape index (κ2) is 8.69. The molecule has 160 valence electrons. The summed E-state index contributed by atoms with van der Waals surface area (Å²) in [4.78, 5) is 42.9. The van der Waals surface area contributed by atoms with E-state index in [-0.39, 0.29) is 12.5 Å². The minimum absolute atomic E-state index is 0.157. The van der Waals surface area contributed by atoms with Crippen molar-refractivity contribution in [3.63, 3.8) is 0 Å². The van der Waals surface area contributed by atoms with Crippen LogP contribution in [0.3, 0.4) is 0 Å². The van der Waals surface area contributed by atoms with Crippen LogP contribution in [0.2, 0.25) is 5.02 Å². The molecule has 1 aromatic heterocycles. The van der Waals surface area contributed by atoms with Gasteiger partial charge in [0.2, 0.25) is 0 Å². The molecule has 1 aliphatic rings. The summed E-state index contributed by atoms with van der Waals surface area (Å²) in [6.07, 6.45) is 0.368. The van der Waals surface area contributed by atoms with E-state index in [4.69, 9.17) is 21.1 Å². The van der Waals surface area contributed by atoms with Gasteiger partial charge in [0.1, 0.15) is 6.61 Å². The number of hydrogen-bond acceptors (Lipinski definition) is 5. The number of methoxy groups -OCH3 is 1. The summed E-state index contributed by atoms with van der Waals surface area (Å²) in [7, 11) is 1.51. The first-order valence-corrected chi connectivity index (χ1v) is 10.0. The number of ether oxygens (including phenoxy) is 2. The Morgan fingerprint density at radius 3 is 2.61 bits per heavy atom. The van der Waals surface area contributed by atoms with E-state index in [0.29, 0.717) is 52.9 Å². The van der Waals surface area contributed by atoms with Gasteiger partial charge in [0.15, 0.2) is 11.5 Å². The van der Waals surface area contributed by atoms with Crippen LogP contribution in [-0.2, 0) is 19.6 Å². The Balaban J connectivity index is 1.50. The Labute approximate surface area is 182 Å². The van der Waals surface area contributed by atoms with Crippen LogP contribution in [0.25, 0.3) is 0 Å². The predicted octanol–water partition coefficient (Wildman–Crippen LogP) is 2.50. The van der Waals surface area contributed by atoms with Crippen molar-refractivity contribution in [2.24, 2.45) is 0 Å². The number of fused-ring (bicyclic) bond motifs is 1. The molecule has 0 fully saturated rings. The molecule has 0 spiro atoms. The van der Waals surface area contributed by atoms with Crippen LogP contribution in [-0.4, -0.2) is 34.4 Å². The van der Waals surface area contributed by atoms with E-state index in [1.54, 1.807) is 35.2 Å². The van der Waals surface area contributed by atoms with Crippen LogP contribution in [0, 0.1) is 0 Å². The SMILES string of the molecule is COc1cc(C(=O)N2CCc3c([nH]c(=O)[nH]c3=O)C2)ccc1OCc1ccc(Cl)cc1. The first-order valence-electron chi connectivity index (χ1n) is 9.63. The molecule has 3 aromatic rings. The standard InChI is InChI=1S/C22H20ClN3O5/c1-30-19-10-14(4-7-18(19)31-12-13-2-5-15(23)6-3-13)21(28)26-9-8-16-17(11-26)24-22(29)25-20(16)27/h2-7,10H,8-9,11-12H2,1H3,(H2,24,25,27,29). The molecule has 0 radical (unpaired) electrons. The molecular formula is C22H20ClN3O5. The van der Waals surface area contributed by atoms with E-state index in [1.165, 1.54) is 7.11 Å². The Morgan fingerprint density at radius 1 is 1.10 bits per heavy atom. The molecule has 2 heterocycles. The molecule has 0 aliphatic carbocycles. The number of aromatic amines is 2. The molecule has 9 heteroatoms. The van der Waals surface area contributed by atoms with Crippen molar-refractivity contribution in [1.82, 2.24) is 14.9 Å². The highest BCUT2D eigenvalue weighted by Crippen LogP contribution is 2.30. The number of nitrogens with zero attached hydrogens (tertiary/aromatic N) is 1. The number of carbonyl (C=O) groups excluding carboxylic acids is 1. The summed E-state index contributed by atoms with van der Waals surface area (Å²) in [6, 6.07) is 12.3. The third kappa shape index (κ3) is 4.49. The third-order valence-corrected chi connectivity index (χ3v) is 5.37. The lowest BCUT2D eigenvalue weighted by Gasteiger charge is -2.28. The molecule has 0 unspecified atom stereocenters. The third-order valence-electron chi connectivity index (χ3n) is 5.12. The summed E-state index contributed by atoms with van der Waals surface area (Å²) in [5.74, 6) is 0.713. The predicted molar refractivity (Wildman–Crippen MR) is 115 cm³/mol. The smallest absolute Gasteiger partial charge is 0.325 e. The molecule has 0 atom stereocenters. The maximum atomic E-state index is 13.0. The van der Waals surface area contributed by atoms with Gasteiger partial charge in [0.25, 0.3) is 11.5 Å². The lowest BCUT2D eigenvalue weighted by molar-refractivity contribution is 0.0730. The van der Waals surface area contributed by atoms with E-state index in [0.717, 1.165) is 5.56 Å². The Kier molecular flexibility index (Phi) is 5.81. The Hall–Kier alpha value is -3.52. The van der Waals surface area contributed by atoms with Crippen molar-refractivity contribution in [3.05, 3.63) is 90.7 Å². The fraction of sp³-hybridized carbons (Fsp3) is 0.227. The number of nitrogens with one attached hydrogen (secondary N) is 2. The van der Waals surface area contributed by atoms with E-state index < -0.39 is 11.2 Å². The molecule has 8 nitrogen and oxygen atoms in total. The minimum atomic E-state index is -0.582. The quantitative estimate of drug-likeness (QED) is 0.633. The molecule has 0 saturated heterocycles. The lowest BCUT2D eigenvalue weighted by Crippen LogP contribution is -2.41. The highest BCUT2D eigenvalue weighted by atomic mass is 35.5. The molecule has 4 rings (SSSR count). The zero-order valence-electron chi connectivity index (χ0n) is 16.7. The second-order valence-electron chi connectivity index (χ2n) is 7.12. The van der Waals surface area contributed by atoms with Gasteiger partial charge in [0, 0.05) is 28.4 Å². The van der Waals surface area contributed by atoms with Gasteiger partial charge in [-0.2, -0.15) is 0 Å². The van der Waals surface area contributed by atoms with Crippen molar-refractivity contribution in [2.45, 2.75) is 19.6 Å². The van der Waals surface area contributed by atoms with Crippen molar-refractivity contribution < 1.29 is 14.3 Å². The molecular weight excluding hydrogens is 422 g/mol. The van der Waals surface area contributed by atoms with Gasteiger partial charge in [-0.05, 0) is 42.3 Å². The van der Waals surface area contributed by atoms with Crippen LogP contribution < -0.4 is 20.7 Å². The molecule has 0 saturated carbocycles. The van der Waals surface area contributed by atoms with E-state index in [2.05, 4.69) is 9.97 Å². The van der Waals surface area contributed by atoms with Crippen molar-refractivity contribution in [3.8, 4) is 11.5 Å². The van der Waals surface area contributed by atoms with Crippen LogP contribution in [0.4, 0.5) is 0 Å². The molecule has 31 heavy (non-hydrogen) atoms. The number of carbonyl (C=O) groups is 1. The highest BCUT2D eigenvalue weighted by molar-refractivity contribution is 6.30. The highest BCUT2D eigenvalue weighted by Gasteiger charge is 2.25. The number of H-pyrrole nitrogens is 2. The van der Waals surface area contributed by atoms with Gasteiger partial charge in [-0.1, -0.05) is 23.7 Å². The zero-order valence-corrected chi connectivity index (χ0v) is 17.5.